The van der Waals surface area contributed by atoms with Gasteiger partial charge in [-0.2, -0.15) is 13.2 Å². The predicted molar refractivity (Wildman–Crippen MR) is 74.9 cm³/mol. The molecule has 0 N–H and O–H groups in total. The first-order chi connectivity index (χ1) is 9.44. The van der Waals surface area contributed by atoms with Gasteiger partial charge >= 0.3 is 12.1 Å². The first-order valence-electron chi connectivity index (χ1n) is 6.74. The van der Waals surface area contributed by atoms with Crippen molar-refractivity contribution in [3.05, 3.63) is 35.9 Å². The standard InChI is InChI=1S/C16H21F3O2/c1-14(2,12-8-6-5-7-9-12)10-15(3,4)13(20)21-11-16(17,18)19/h5-9H,10-11H2,1-4H3. The summed E-state index contributed by atoms with van der Waals surface area (Å²) in [6.07, 6.45) is -4.11. The summed E-state index contributed by atoms with van der Waals surface area (Å²) >= 11 is 0. The Bertz CT molecular complexity index is 476. The molecule has 0 fully saturated rings. The summed E-state index contributed by atoms with van der Waals surface area (Å²) in [5.41, 5.74) is -0.311. The number of benzene rings is 1. The average Bonchev–Trinajstić information content (AvgIpc) is 2.35. The van der Waals surface area contributed by atoms with Crippen LogP contribution in [0.5, 0.6) is 0 Å². The van der Waals surface area contributed by atoms with Gasteiger partial charge in [0.05, 0.1) is 5.41 Å². The van der Waals surface area contributed by atoms with Crippen molar-refractivity contribution in [2.45, 2.75) is 45.7 Å². The molecule has 0 saturated carbocycles. The van der Waals surface area contributed by atoms with Crippen LogP contribution in [-0.2, 0) is 14.9 Å². The van der Waals surface area contributed by atoms with Crippen LogP contribution in [0.1, 0.15) is 39.7 Å². The molecule has 1 aromatic carbocycles. The third-order valence-electron chi connectivity index (χ3n) is 3.36. The maximum absolute atomic E-state index is 12.1. The molecule has 0 aliphatic carbocycles. The molecule has 21 heavy (non-hydrogen) atoms. The second-order valence-electron chi connectivity index (χ2n) is 6.50. The third-order valence-corrected chi connectivity index (χ3v) is 3.36. The van der Waals surface area contributed by atoms with Crippen molar-refractivity contribution >= 4 is 5.97 Å². The summed E-state index contributed by atoms with van der Waals surface area (Å²) in [5, 5.41) is 0. The number of carbonyl (C=O) groups excluding carboxylic acids is 1. The van der Waals surface area contributed by atoms with Crippen LogP contribution in [0.15, 0.2) is 30.3 Å². The van der Waals surface area contributed by atoms with Crippen molar-refractivity contribution < 1.29 is 22.7 Å². The highest BCUT2D eigenvalue weighted by molar-refractivity contribution is 5.76. The Labute approximate surface area is 123 Å². The minimum atomic E-state index is -4.50. The van der Waals surface area contributed by atoms with Crippen LogP contribution in [0, 0.1) is 5.41 Å². The van der Waals surface area contributed by atoms with Gasteiger partial charge in [0, 0.05) is 0 Å². The second-order valence-corrected chi connectivity index (χ2v) is 6.50. The van der Waals surface area contributed by atoms with E-state index in [1.54, 1.807) is 13.8 Å². The van der Waals surface area contributed by atoms with Crippen LogP contribution in [-0.4, -0.2) is 18.8 Å². The summed E-state index contributed by atoms with van der Waals surface area (Å²) in [6, 6.07) is 9.56. The van der Waals surface area contributed by atoms with Crippen LogP contribution in [0.2, 0.25) is 0 Å². The van der Waals surface area contributed by atoms with Gasteiger partial charge in [-0.1, -0.05) is 44.2 Å². The SMILES string of the molecule is CC(C)(CC(C)(C)c1ccccc1)C(=O)OCC(F)(F)F. The molecule has 5 heteroatoms. The summed E-state index contributed by atoms with van der Waals surface area (Å²) in [5.74, 6) is -0.830. The van der Waals surface area contributed by atoms with E-state index in [0.29, 0.717) is 6.42 Å². The van der Waals surface area contributed by atoms with E-state index in [9.17, 15) is 18.0 Å². The molecule has 0 aliphatic heterocycles. The summed E-state index contributed by atoms with van der Waals surface area (Å²) in [7, 11) is 0. The molecule has 0 spiro atoms. The van der Waals surface area contributed by atoms with Gasteiger partial charge in [0.1, 0.15) is 0 Å². The highest BCUT2D eigenvalue weighted by Crippen LogP contribution is 2.37. The molecule has 0 heterocycles. The van der Waals surface area contributed by atoms with Crippen molar-refractivity contribution in [3.63, 3.8) is 0 Å². The fraction of sp³-hybridized carbons (Fsp3) is 0.562. The zero-order chi connectivity index (χ0) is 16.3. The topological polar surface area (TPSA) is 26.3 Å². The fourth-order valence-electron chi connectivity index (χ4n) is 2.51. The summed E-state index contributed by atoms with van der Waals surface area (Å²) in [4.78, 5) is 11.9. The molecule has 0 amide bonds. The summed E-state index contributed by atoms with van der Waals surface area (Å²) < 4.78 is 40.8. The van der Waals surface area contributed by atoms with E-state index in [0.717, 1.165) is 5.56 Å². The Morgan fingerprint density at radius 3 is 2.05 bits per heavy atom. The Balaban J connectivity index is 2.77. The van der Waals surface area contributed by atoms with E-state index in [1.165, 1.54) is 0 Å². The maximum Gasteiger partial charge on any atom is 0.422 e. The van der Waals surface area contributed by atoms with Gasteiger partial charge in [-0.05, 0) is 31.2 Å². The largest absolute Gasteiger partial charge is 0.456 e. The van der Waals surface area contributed by atoms with Crippen molar-refractivity contribution in [2.24, 2.45) is 5.41 Å². The average molecular weight is 302 g/mol. The van der Waals surface area contributed by atoms with Crippen LogP contribution in [0.3, 0.4) is 0 Å². The van der Waals surface area contributed by atoms with E-state index < -0.39 is 24.2 Å². The first-order valence-corrected chi connectivity index (χ1v) is 6.74. The van der Waals surface area contributed by atoms with Crippen LogP contribution in [0.4, 0.5) is 13.2 Å². The number of rotatable bonds is 5. The van der Waals surface area contributed by atoms with E-state index in [4.69, 9.17) is 0 Å². The van der Waals surface area contributed by atoms with Gasteiger partial charge in [-0.25, -0.2) is 0 Å². The van der Waals surface area contributed by atoms with Gasteiger partial charge < -0.3 is 4.74 Å². The molecule has 1 aromatic rings. The van der Waals surface area contributed by atoms with Gasteiger partial charge in [-0.3, -0.25) is 4.79 Å². The van der Waals surface area contributed by atoms with Crippen LogP contribution < -0.4 is 0 Å². The normalized spacial score (nSPS) is 13.1. The van der Waals surface area contributed by atoms with Crippen molar-refractivity contribution in [3.8, 4) is 0 Å². The molecule has 2 nitrogen and oxygen atoms in total. The fourth-order valence-corrected chi connectivity index (χ4v) is 2.51. The van der Waals surface area contributed by atoms with Crippen molar-refractivity contribution in [1.29, 1.82) is 0 Å². The van der Waals surface area contributed by atoms with Crippen molar-refractivity contribution in [2.75, 3.05) is 6.61 Å². The minimum absolute atomic E-state index is 0.345. The van der Waals surface area contributed by atoms with Gasteiger partial charge in [0.25, 0.3) is 0 Å². The van der Waals surface area contributed by atoms with Gasteiger partial charge in [0.15, 0.2) is 6.61 Å². The third kappa shape index (κ3) is 5.40. The van der Waals surface area contributed by atoms with Crippen LogP contribution in [0.25, 0.3) is 0 Å². The molecule has 0 aromatic heterocycles. The maximum atomic E-state index is 12.1. The molecule has 118 valence electrons. The lowest BCUT2D eigenvalue weighted by atomic mass is 9.71. The highest BCUT2D eigenvalue weighted by atomic mass is 19.4. The molecule has 0 bridgehead atoms. The zero-order valence-electron chi connectivity index (χ0n) is 12.8. The predicted octanol–water partition coefficient (Wildman–Crippen LogP) is 4.49. The molecule has 0 aliphatic rings. The first kappa shape index (κ1) is 17.5. The zero-order valence-corrected chi connectivity index (χ0v) is 12.8. The molecular weight excluding hydrogens is 281 g/mol. The number of carbonyl (C=O) groups is 1. The molecule has 0 saturated heterocycles. The highest BCUT2D eigenvalue weighted by Gasteiger charge is 2.39. The number of halogens is 3. The Kier molecular flexibility index (Phi) is 5.07. The van der Waals surface area contributed by atoms with E-state index in [1.807, 2.05) is 44.2 Å². The number of hydrogen-bond donors (Lipinski definition) is 0. The van der Waals surface area contributed by atoms with Gasteiger partial charge in [0.2, 0.25) is 0 Å². The number of alkyl halides is 3. The second kappa shape index (κ2) is 6.08. The lowest BCUT2D eigenvalue weighted by Gasteiger charge is -2.33. The number of hydrogen-bond acceptors (Lipinski definition) is 2. The molecule has 0 atom stereocenters. The monoisotopic (exact) mass is 302 g/mol. The minimum Gasteiger partial charge on any atom is -0.456 e. The van der Waals surface area contributed by atoms with E-state index in [-0.39, 0.29) is 5.41 Å². The molecule has 0 unspecified atom stereocenters. The van der Waals surface area contributed by atoms with Gasteiger partial charge in [-0.15, -0.1) is 0 Å². The van der Waals surface area contributed by atoms with Crippen molar-refractivity contribution in [1.82, 2.24) is 0 Å². The van der Waals surface area contributed by atoms with E-state index in [2.05, 4.69) is 4.74 Å². The Morgan fingerprint density at radius 2 is 1.57 bits per heavy atom. The lowest BCUT2D eigenvalue weighted by molar-refractivity contribution is -0.193. The van der Waals surface area contributed by atoms with E-state index >= 15 is 0 Å². The number of ether oxygens (including phenoxy) is 1. The molecular formula is C16H21F3O2. The molecule has 0 radical (unpaired) electrons. The van der Waals surface area contributed by atoms with Crippen LogP contribution >= 0.6 is 0 Å². The Morgan fingerprint density at radius 1 is 1.05 bits per heavy atom. The quantitative estimate of drug-likeness (QED) is 0.749. The Hall–Kier alpha value is -1.52. The number of esters is 1. The smallest absolute Gasteiger partial charge is 0.422 e. The summed E-state index contributed by atoms with van der Waals surface area (Å²) in [6.45, 7) is 5.59. The molecule has 1 rings (SSSR count). The lowest BCUT2D eigenvalue weighted by Crippen LogP contribution is -2.36.